The van der Waals surface area contributed by atoms with Gasteiger partial charge in [0.2, 0.25) is 0 Å². The molecule has 0 saturated heterocycles. The number of hydrogen-bond acceptors (Lipinski definition) is 2. The largest absolute Gasteiger partial charge is 0.314 e. The molecule has 2 unspecified atom stereocenters. The number of unbranched alkanes of at least 4 members (excludes halogenated alkanes) is 2. The van der Waals surface area contributed by atoms with Crippen LogP contribution >= 0.6 is 0 Å². The van der Waals surface area contributed by atoms with E-state index in [0.717, 1.165) is 31.3 Å². The normalized spacial score (nSPS) is 26.9. The first-order valence-corrected chi connectivity index (χ1v) is 6.45. The molecule has 0 radical (unpaired) electrons. The summed E-state index contributed by atoms with van der Waals surface area (Å²) in [5.41, 5.74) is 0. The lowest BCUT2D eigenvalue weighted by atomic mass is 9.97. The van der Waals surface area contributed by atoms with Gasteiger partial charge in [0.05, 0.1) is 6.07 Å². The number of nitriles is 1. The molecule has 0 heterocycles. The first-order valence-electron chi connectivity index (χ1n) is 6.45. The van der Waals surface area contributed by atoms with Crippen molar-refractivity contribution in [3.63, 3.8) is 0 Å². The Kier molecular flexibility index (Phi) is 6.43. The van der Waals surface area contributed by atoms with E-state index in [2.05, 4.69) is 18.3 Å². The standard InChI is InChI=1S/C13H24N2/c1-12-8-4-2-5-9-13(12)15-11-7-3-6-10-14/h12-13,15H,2-9,11H2,1H3. The Bertz CT molecular complexity index is 195. The Morgan fingerprint density at radius 1 is 1.20 bits per heavy atom. The maximum atomic E-state index is 8.42. The van der Waals surface area contributed by atoms with E-state index in [1.807, 2.05) is 0 Å². The SMILES string of the molecule is CC1CCCCCC1NCCCCC#N. The van der Waals surface area contributed by atoms with E-state index >= 15 is 0 Å². The van der Waals surface area contributed by atoms with Crippen LogP contribution in [0.4, 0.5) is 0 Å². The molecular weight excluding hydrogens is 184 g/mol. The Hall–Kier alpha value is -0.550. The first kappa shape index (κ1) is 12.5. The average Bonchev–Trinajstić information content (AvgIpc) is 2.44. The van der Waals surface area contributed by atoms with Crippen LogP contribution in [-0.4, -0.2) is 12.6 Å². The van der Waals surface area contributed by atoms with E-state index in [1.54, 1.807) is 0 Å². The minimum Gasteiger partial charge on any atom is -0.314 e. The van der Waals surface area contributed by atoms with Crippen molar-refractivity contribution in [1.82, 2.24) is 5.32 Å². The van der Waals surface area contributed by atoms with E-state index in [-0.39, 0.29) is 0 Å². The maximum absolute atomic E-state index is 8.42. The summed E-state index contributed by atoms with van der Waals surface area (Å²) in [5.74, 6) is 0.837. The second kappa shape index (κ2) is 7.70. The van der Waals surface area contributed by atoms with Crippen LogP contribution in [0.3, 0.4) is 0 Å². The van der Waals surface area contributed by atoms with Crippen molar-refractivity contribution in [3.8, 4) is 6.07 Å². The molecule has 2 heteroatoms. The summed E-state index contributed by atoms with van der Waals surface area (Å²) < 4.78 is 0. The summed E-state index contributed by atoms with van der Waals surface area (Å²) in [6, 6.07) is 2.93. The van der Waals surface area contributed by atoms with Gasteiger partial charge in [-0.1, -0.05) is 26.2 Å². The van der Waals surface area contributed by atoms with Gasteiger partial charge in [0.1, 0.15) is 0 Å². The Morgan fingerprint density at radius 2 is 2.00 bits per heavy atom. The van der Waals surface area contributed by atoms with Gasteiger partial charge < -0.3 is 5.32 Å². The van der Waals surface area contributed by atoms with Crippen LogP contribution in [0.5, 0.6) is 0 Å². The van der Waals surface area contributed by atoms with Crippen molar-refractivity contribution in [3.05, 3.63) is 0 Å². The van der Waals surface area contributed by atoms with E-state index in [0.29, 0.717) is 6.42 Å². The highest BCUT2D eigenvalue weighted by Crippen LogP contribution is 2.22. The number of nitrogens with zero attached hydrogens (tertiary/aromatic N) is 1. The third-order valence-corrected chi connectivity index (χ3v) is 3.48. The van der Waals surface area contributed by atoms with Gasteiger partial charge in [-0.15, -0.1) is 0 Å². The van der Waals surface area contributed by atoms with Crippen LogP contribution in [0.1, 0.15) is 58.3 Å². The molecule has 86 valence electrons. The average molecular weight is 208 g/mol. The van der Waals surface area contributed by atoms with E-state index in [9.17, 15) is 0 Å². The van der Waals surface area contributed by atoms with Crippen molar-refractivity contribution in [2.45, 2.75) is 64.3 Å². The monoisotopic (exact) mass is 208 g/mol. The molecular formula is C13H24N2. The third-order valence-electron chi connectivity index (χ3n) is 3.48. The molecule has 0 aromatic carbocycles. The fraction of sp³-hybridized carbons (Fsp3) is 0.923. The fourth-order valence-electron chi connectivity index (χ4n) is 2.41. The number of rotatable bonds is 5. The zero-order chi connectivity index (χ0) is 10.9. The lowest BCUT2D eigenvalue weighted by molar-refractivity contribution is 0.355. The molecule has 0 amide bonds. The van der Waals surface area contributed by atoms with Gasteiger partial charge >= 0.3 is 0 Å². The van der Waals surface area contributed by atoms with Crippen molar-refractivity contribution < 1.29 is 0 Å². The van der Waals surface area contributed by atoms with Crippen LogP contribution in [-0.2, 0) is 0 Å². The fourth-order valence-corrected chi connectivity index (χ4v) is 2.41. The van der Waals surface area contributed by atoms with E-state index < -0.39 is 0 Å². The van der Waals surface area contributed by atoms with Gasteiger partial charge in [-0.05, 0) is 38.1 Å². The van der Waals surface area contributed by atoms with E-state index in [1.165, 1.54) is 32.1 Å². The smallest absolute Gasteiger partial charge is 0.0621 e. The lowest BCUT2D eigenvalue weighted by Crippen LogP contribution is -2.34. The molecule has 0 aliphatic heterocycles. The molecule has 0 spiro atoms. The topological polar surface area (TPSA) is 35.8 Å². The van der Waals surface area contributed by atoms with Crippen molar-refractivity contribution in [2.24, 2.45) is 5.92 Å². The molecule has 0 aromatic rings. The molecule has 1 fully saturated rings. The maximum Gasteiger partial charge on any atom is 0.0621 e. The minimum absolute atomic E-state index is 0.710. The molecule has 1 saturated carbocycles. The highest BCUT2D eigenvalue weighted by Gasteiger charge is 2.18. The molecule has 1 N–H and O–H groups in total. The number of nitrogens with one attached hydrogen (secondary N) is 1. The zero-order valence-electron chi connectivity index (χ0n) is 9.97. The highest BCUT2D eigenvalue weighted by molar-refractivity contribution is 4.77. The summed E-state index contributed by atoms with van der Waals surface area (Å²) in [4.78, 5) is 0. The Balaban J connectivity index is 2.10. The van der Waals surface area contributed by atoms with Crippen molar-refractivity contribution in [1.29, 1.82) is 5.26 Å². The molecule has 0 aromatic heterocycles. The predicted molar refractivity (Wildman–Crippen MR) is 63.5 cm³/mol. The lowest BCUT2D eigenvalue weighted by Gasteiger charge is -2.22. The van der Waals surface area contributed by atoms with Gasteiger partial charge in [-0.3, -0.25) is 0 Å². The van der Waals surface area contributed by atoms with Gasteiger partial charge in [-0.2, -0.15) is 5.26 Å². The third kappa shape index (κ3) is 5.18. The number of hydrogen-bond donors (Lipinski definition) is 1. The molecule has 1 aliphatic carbocycles. The minimum atomic E-state index is 0.710. The second-order valence-electron chi connectivity index (χ2n) is 4.79. The van der Waals surface area contributed by atoms with Gasteiger partial charge in [0.15, 0.2) is 0 Å². The van der Waals surface area contributed by atoms with Crippen LogP contribution < -0.4 is 5.32 Å². The summed E-state index contributed by atoms with van der Waals surface area (Å²) in [5, 5.41) is 12.1. The molecule has 1 aliphatic rings. The summed E-state index contributed by atoms with van der Waals surface area (Å²) in [6.07, 6.45) is 9.85. The first-order chi connectivity index (χ1) is 7.34. The quantitative estimate of drug-likeness (QED) is 0.556. The summed E-state index contributed by atoms with van der Waals surface area (Å²) in [7, 11) is 0. The van der Waals surface area contributed by atoms with E-state index in [4.69, 9.17) is 5.26 Å². The van der Waals surface area contributed by atoms with Crippen molar-refractivity contribution in [2.75, 3.05) is 6.54 Å². The van der Waals surface area contributed by atoms with Crippen LogP contribution in [0.15, 0.2) is 0 Å². The molecule has 0 bridgehead atoms. The summed E-state index contributed by atoms with van der Waals surface area (Å²) >= 11 is 0. The second-order valence-corrected chi connectivity index (χ2v) is 4.79. The summed E-state index contributed by atoms with van der Waals surface area (Å²) in [6.45, 7) is 3.47. The Labute approximate surface area is 94.1 Å². The van der Waals surface area contributed by atoms with Crippen LogP contribution in [0.25, 0.3) is 0 Å². The van der Waals surface area contributed by atoms with Gasteiger partial charge in [0.25, 0.3) is 0 Å². The predicted octanol–water partition coefficient (Wildman–Crippen LogP) is 3.24. The molecule has 15 heavy (non-hydrogen) atoms. The van der Waals surface area contributed by atoms with Gasteiger partial charge in [0, 0.05) is 12.5 Å². The van der Waals surface area contributed by atoms with Gasteiger partial charge in [-0.25, -0.2) is 0 Å². The molecule has 1 rings (SSSR count). The molecule has 2 atom stereocenters. The Morgan fingerprint density at radius 3 is 2.80 bits per heavy atom. The highest BCUT2D eigenvalue weighted by atomic mass is 14.9. The van der Waals surface area contributed by atoms with Crippen LogP contribution in [0, 0.1) is 17.2 Å². The zero-order valence-corrected chi connectivity index (χ0v) is 9.97. The van der Waals surface area contributed by atoms with Crippen LogP contribution in [0.2, 0.25) is 0 Å². The molecule has 2 nitrogen and oxygen atoms in total. The van der Waals surface area contributed by atoms with Crippen molar-refractivity contribution >= 4 is 0 Å².